The summed E-state index contributed by atoms with van der Waals surface area (Å²) in [7, 11) is -2.67. The third kappa shape index (κ3) is 5.76. The molecule has 65 heavy (non-hydrogen) atoms. The average molecular weight is 860 g/mol. The first-order chi connectivity index (χ1) is 32.3. The van der Waals surface area contributed by atoms with Gasteiger partial charge in [-0.3, -0.25) is 0 Å². The van der Waals surface area contributed by atoms with E-state index in [2.05, 4.69) is 254 Å². The molecular formula is C62H41NSSi. The summed E-state index contributed by atoms with van der Waals surface area (Å²) in [6.07, 6.45) is 0. The zero-order chi connectivity index (χ0) is 42.9. The van der Waals surface area contributed by atoms with Crippen molar-refractivity contribution in [3.8, 4) is 33.4 Å². The molecule has 304 valence electrons. The lowest BCUT2D eigenvalue weighted by Crippen LogP contribution is -2.72. The molecule has 0 saturated heterocycles. The van der Waals surface area contributed by atoms with Crippen LogP contribution in [0.2, 0.25) is 0 Å². The summed E-state index contributed by atoms with van der Waals surface area (Å²) >= 11 is 1.88. The van der Waals surface area contributed by atoms with Crippen LogP contribution in [-0.2, 0) is 0 Å². The van der Waals surface area contributed by atoms with Gasteiger partial charge in [0.1, 0.15) is 0 Å². The highest BCUT2D eigenvalue weighted by molar-refractivity contribution is 7.26. The highest BCUT2D eigenvalue weighted by Crippen LogP contribution is 2.48. The molecule has 2 heterocycles. The fourth-order valence-electron chi connectivity index (χ4n) is 11.0. The molecule has 0 N–H and O–H groups in total. The second-order valence-corrected chi connectivity index (χ2v) is 21.9. The minimum absolute atomic E-state index is 1.12. The van der Waals surface area contributed by atoms with E-state index in [0.717, 1.165) is 11.4 Å². The van der Waals surface area contributed by atoms with E-state index in [4.69, 9.17) is 0 Å². The molecule has 0 atom stereocenters. The van der Waals surface area contributed by atoms with Crippen molar-refractivity contribution in [1.82, 2.24) is 0 Å². The zero-order valence-corrected chi connectivity index (χ0v) is 37.3. The summed E-state index contributed by atoms with van der Waals surface area (Å²) < 4.78 is 2.58. The van der Waals surface area contributed by atoms with Gasteiger partial charge < -0.3 is 4.90 Å². The van der Waals surface area contributed by atoms with Crippen molar-refractivity contribution in [3.05, 3.63) is 249 Å². The van der Waals surface area contributed by atoms with E-state index in [1.54, 1.807) is 0 Å². The van der Waals surface area contributed by atoms with Gasteiger partial charge in [-0.05, 0) is 101 Å². The average Bonchev–Trinajstić information content (AvgIpc) is 3.92. The van der Waals surface area contributed by atoms with E-state index in [9.17, 15) is 0 Å². The van der Waals surface area contributed by atoms with Gasteiger partial charge in [0.25, 0.3) is 0 Å². The number of fused-ring (bicyclic) bond motifs is 9. The standard InChI is InChI=1S/C62H41NSSi/c1-4-18-42(19-5-1)48-28-14-20-44-21-15-29-49(60(44)48)43-36-38-45(39-37-43)63(56-33-17-31-53-51-26-10-12-34-57(51)64-62(53)56)55-32-16-30-52-50(55)40-41-59-61(52)54-27-11-13-35-58(54)65(59,46-22-6-2-7-23-46)47-24-8-3-9-25-47/h1-41H. The van der Waals surface area contributed by atoms with Gasteiger partial charge >= 0.3 is 0 Å². The monoisotopic (exact) mass is 859 g/mol. The quantitative estimate of drug-likeness (QED) is 0.144. The predicted octanol–water partition coefficient (Wildman–Crippen LogP) is 14.5. The molecule has 1 aliphatic rings. The first kappa shape index (κ1) is 37.7. The third-order valence-corrected chi connectivity index (χ3v) is 19.8. The van der Waals surface area contributed by atoms with Crippen LogP contribution in [-0.4, -0.2) is 8.07 Å². The van der Waals surface area contributed by atoms with Crippen LogP contribution in [0.3, 0.4) is 0 Å². The molecule has 1 aromatic heterocycles. The van der Waals surface area contributed by atoms with E-state index in [-0.39, 0.29) is 0 Å². The van der Waals surface area contributed by atoms with E-state index in [0.29, 0.717) is 0 Å². The van der Waals surface area contributed by atoms with Gasteiger partial charge in [-0.1, -0.05) is 218 Å². The molecule has 1 nitrogen and oxygen atoms in total. The van der Waals surface area contributed by atoms with Crippen molar-refractivity contribution in [3.63, 3.8) is 0 Å². The maximum atomic E-state index is 2.52. The summed E-state index contributed by atoms with van der Waals surface area (Å²) in [4.78, 5) is 2.52. The zero-order valence-electron chi connectivity index (χ0n) is 35.5. The second-order valence-electron chi connectivity index (χ2n) is 17.1. The van der Waals surface area contributed by atoms with Crippen molar-refractivity contribution in [2.75, 3.05) is 4.90 Å². The molecule has 11 aromatic carbocycles. The van der Waals surface area contributed by atoms with Gasteiger partial charge in [-0.25, -0.2) is 0 Å². The van der Waals surface area contributed by atoms with E-state index in [1.807, 2.05) is 11.3 Å². The highest BCUT2D eigenvalue weighted by Gasteiger charge is 2.49. The molecule has 12 aromatic rings. The summed E-state index contributed by atoms with van der Waals surface area (Å²) in [6.45, 7) is 0. The molecular weight excluding hydrogens is 819 g/mol. The fourth-order valence-corrected chi connectivity index (χ4v) is 17.4. The van der Waals surface area contributed by atoms with Crippen LogP contribution in [0, 0.1) is 0 Å². The maximum Gasteiger partial charge on any atom is 0.180 e. The van der Waals surface area contributed by atoms with Crippen LogP contribution in [0.1, 0.15) is 0 Å². The summed E-state index contributed by atoms with van der Waals surface area (Å²) in [5.41, 5.74) is 11.1. The van der Waals surface area contributed by atoms with E-state index >= 15 is 0 Å². The number of nitrogens with zero attached hydrogens (tertiary/aromatic N) is 1. The molecule has 1 aliphatic heterocycles. The van der Waals surface area contributed by atoms with Gasteiger partial charge in [-0.2, -0.15) is 0 Å². The largest absolute Gasteiger partial charge is 0.308 e. The number of benzene rings is 11. The topological polar surface area (TPSA) is 3.24 Å². The molecule has 13 rings (SSSR count). The van der Waals surface area contributed by atoms with Crippen LogP contribution in [0.25, 0.3) is 75.1 Å². The Balaban J connectivity index is 1.05. The molecule has 0 fully saturated rings. The molecule has 0 aliphatic carbocycles. The minimum Gasteiger partial charge on any atom is -0.308 e. The lowest BCUT2D eigenvalue weighted by atomic mass is 9.91. The maximum absolute atomic E-state index is 2.67. The van der Waals surface area contributed by atoms with Gasteiger partial charge in [-0.15, -0.1) is 11.3 Å². The molecule has 0 bridgehead atoms. The second kappa shape index (κ2) is 15.2. The first-order valence-electron chi connectivity index (χ1n) is 22.4. The molecule has 0 unspecified atom stereocenters. The third-order valence-electron chi connectivity index (χ3n) is 13.7. The van der Waals surface area contributed by atoms with Crippen molar-refractivity contribution in [2.24, 2.45) is 0 Å². The molecule has 0 radical (unpaired) electrons. The number of hydrogen-bond donors (Lipinski definition) is 0. The van der Waals surface area contributed by atoms with Crippen molar-refractivity contribution < 1.29 is 0 Å². The van der Waals surface area contributed by atoms with Crippen molar-refractivity contribution >= 4 is 98.9 Å². The van der Waals surface area contributed by atoms with Crippen LogP contribution in [0.15, 0.2) is 249 Å². The Morgan fingerprint density at radius 3 is 1.62 bits per heavy atom. The summed E-state index contributed by atoms with van der Waals surface area (Å²) in [5.74, 6) is 0. The number of rotatable bonds is 7. The molecule has 0 spiro atoms. The Kier molecular flexibility index (Phi) is 8.80. The van der Waals surface area contributed by atoms with Crippen LogP contribution in [0.5, 0.6) is 0 Å². The Morgan fingerprint density at radius 2 is 0.892 bits per heavy atom. The fraction of sp³-hybridized carbons (Fsp3) is 0. The lowest BCUT2D eigenvalue weighted by molar-refractivity contribution is 1.32. The molecule has 0 saturated carbocycles. The minimum atomic E-state index is -2.67. The van der Waals surface area contributed by atoms with Crippen molar-refractivity contribution in [2.45, 2.75) is 0 Å². The SMILES string of the molecule is c1ccc(-c2cccc3cccc(-c4ccc(N(c5cccc6c7c(ccc56)[Si](c5ccccc5)(c5ccccc5)c5ccccc5-7)c5cccc6c5sc5ccccc56)cc4)c23)cc1. The van der Waals surface area contributed by atoms with Gasteiger partial charge in [0, 0.05) is 26.5 Å². The van der Waals surface area contributed by atoms with E-state index in [1.165, 1.54) is 102 Å². The Morgan fingerprint density at radius 1 is 0.338 bits per heavy atom. The smallest absolute Gasteiger partial charge is 0.180 e. The number of hydrogen-bond acceptors (Lipinski definition) is 2. The van der Waals surface area contributed by atoms with Crippen LogP contribution < -0.4 is 25.6 Å². The Bertz CT molecular complexity index is 3720. The lowest BCUT2D eigenvalue weighted by Gasteiger charge is -2.31. The summed E-state index contributed by atoms with van der Waals surface area (Å²) in [5, 5.41) is 13.3. The highest BCUT2D eigenvalue weighted by atomic mass is 32.1. The molecule has 3 heteroatoms. The van der Waals surface area contributed by atoms with Gasteiger partial charge in [0.2, 0.25) is 0 Å². The van der Waals surface area contributed by atoms with Crippen LogP contribution in [0.4, 0.5) is 17.1 Å². The number of anilines is 3. The summed E-state index contributed by atoms with van der Waals surface area (Å²) in [6, 6.07) is 92.8. The van der Waals surface area contributed by atoms with E-state index < -0.39 is 8.07 Å². The number of thiophene rings is 1. The predicted molar refractivity (Wildman–Crippen MR) is 283 cm³/mol. The van der Waals surface area contributed by atoms with Gasteiger partial charge in [0.05, 0.1) is 16.1 Å². The van der Waals surface area contributed by atoms with Crippen LogP contribution >= 0.6 is 11.3 Å². The Labute approximate surface area is 383 Å². The van der Waals surface area contributed by atoms with Gasteiger partial charge in [0.15, 0.2) is 8.07 Å². The van der Waals surface area contributed by atoms with Crippen molar-refractivity contribution in [1.29, 1.82) is 0 Å². The normalized spacial score (nSPS) is 12.7. The Hall–Kier alpha value is -7.82. The first-order valence-corrected chi connectivity index (χ1v) is 25.2. The molecule has 0 amide bonds.